The maximum atomic E-state index is 9.92. The van der Waals surface area contributed by atoms with Gasteiger partial charge in [0.2, 0.25) is 0 Å². The molecule has 0 fully saturated rings. The Morgan fingerprint density at radius 2 is 1.12 bits per heavy atom. The number of likely N-dealkylation sites (N-methyl/N-ethyl adjacent to an activating group) is 1. The van der Waals surface area contributed by atoms with Gasteiger partial charge in [0.1, 0.15) is 18.3 Å². The van der Waals surface area contributed by atoms with E-state index in [1.54, 1.807) is 0 Å². The van der Waals surface area contributed by atoms with Gasteiger partial charge in [-0.05, 0) is 20.0 Å². The molecule has 0 saturated carbocycles. The van der Waals surface area contributed by atoms with Gasteiger partial charge in [-0.2, -0.15) is 0 Å². The highest BCUT2D eigenvalue weighted by Gasteiger charge is 2.30. The molecule has 0 aromatic carbocycles. The largest absolute Gasteiger partial charge is 0.394 e. The number of nitrogens with zero attached hydrogens (tertiary/aromatic N) is 1. The number of hydrogen-bond donors (Lipinski definition) is 5. The van der Waals surface area contributed by atoms with Crippen LogP contribution in [0.5, 0.6) is 0 Å². The molecule has 0 amide bonds. The average Bonchev–Trinajstić information content (AvgIpc) is 2.61. The lowest BCUT2D eigenvalue weighted by Gasteiger charge is -2.28. The Morgan fingerprint density at radius 3 is 1.60 bits per heavy atom. The molecule has 0 aliphatic rings. The molecule has 4 atom stereocenters. The van der Waals surface area contributed by atoms with Crippen molar-refractivity contribution in [3.8, 4) is 0 Å². The normalized spacial score (nSPS) is 16.8. The third-order valence-corrected chi connectivity index (χ3v) is 4.72. The molecule has 0 aromatic rings. The van der Waals surface area contributed by atoms with Gasteiger partial charge < -0.3 is 30.4 Å². The Balaban J connectivity index is 3.64. The van der Waals surface area contributed by atoms with Crippen LogP contribution in [-0.2, 0) is 0 Å². The first kappa shape index (κ1) is 24.8. The van der Waals surface area contributed by atoms with Crippen LogP contribution in [-0.4, -0.2) is 81.6 Å². The zero-order chi connectivity index (χ0) is 19.1. The fraction of sp³-hybridized carbons (Fsp3) is 1.00. The first-order valence-electron chi connectivity index (χ1n) is 9.95. The summed E-state index contributed by atoms with van der Waals surface area (Å²) in [5.41, 5.74) is 0. The van der Waals surface area contributed by atoms with Gasteiger partial charge in [-0.15, -0.1) is 0 Å². The van der Waals surface area contributed by atoms with Gasteiger partial charge in [0.25, 0.3) is 0 Å². The molecule has 0 radical (unpaired) electrons. The van der Waals surface area contributed by atoms with E-state index < -0.39 is 31.0 Å². The number of unbranched alkanes of at least 4 members (excludes halogenated alkanes) is 9. The Hall–Kier alpha value is -0.240. The van der Waals surface area contributed by atoms with E-state index in [2.05, 4.69) is 6.92 Å². The molecule has 0 unspecified atom stereocenters. The zero-order valence-electron chi connectivity index (χ0n) is 16.2. The van der Waals surface area contributed by atoms with Crippen molar-refractivity contribution in [1.82, 2.24) is 4.90 Å². The van der Waals surface area contributed by atoms with E-state index in [4.69, 9.17) is 5.11 Å². The first-order chi connectivity index (χ1) is 11.9. The minimum Gasteiger partial charge on any atom is -0.394 e. The second kappa shape index (κ2) is 16.0. The highest BCUT2D eigenvalue weighted by molar-refractivity contribution is 4.82. The first-order valence-corrected chi connectivity index (χ1v) is 9.95. The summed E-state index contributed by atoms with van der Waals surface area (Å²) in [6, 6.07) is 0. The average molecular weight is 364 g/mol. The molecular weight excluding hydrogens is 322 g/mol. The molecule has 152 valence electrons. The second-order valence-corrected chi connectivity index (χ2v) is 7.24. The van der Waals surface area contributed by atoms with Gasteiger partial charge >= 0.3 is 0 Å². The molecule has 25 heavy (non-hydrogen) atoms. The van der Waals surface area contributed by atoms with Crippen molar-refractivity contribution in [2.75, 3.05) is 26.7 Å². The van der Waals surface area contributed by atoms with Crippen molar-refractivity contribution >= 4 is 0 Å². The van der Waals surface area contributed by atoms with Crippen LogP contribution in [0.1, 0.15) is 71.1 Å². The fourth-order valence-corrected chi connectivity index (χ4v) is 2.95. The topological polar surface area (TPSA) is 104 Å². The Kier molecular flexibility index (Phi) is 15.8. The molecule has 0 aliphatic heterocycles. The maximum absolute atomic E-state index is 9.92. The molecule has 6 nitrogen and oxygen atoms in total. The Bertz CT molecular complexity index is 293. The van der Waals surface area contributed by atoms with Crippen LogP contribution >= 0.6 is 0 Å². The van der Waals surface area contributed by atoms with Crippen molar-refractivity contribution in [3.05, 3.63) is 0 Å². The van der Waals surface area contributed by atoms with Gasteiger partial charge in [0.15, 0.2) is 0 Å². The number of hydrogen-bond acceptors (Lipinski definition) is 6. The summed E-state index contributed by atoms with van der Waals surface area (Å²) < 4.78 is 0. The molecule has 0 spiro atoms. The van der Waals surface area contributed by atoms with Crippen molar-refractivity contribution in [2.24, 2.45) is 0 Å². The maximum Gasteiger partial charge on any atom is 0.111 e. The molecular formula is C19H41NO5. The lowest BCUT2D eigenvalue weighted by Crippen LogP contribution is -2.49. The van der Waals surface area contributed by atoms with E-state index in [0.29, 0.717) is 0 Å². The predicted octanol–water partition coefficient (Wildman–Crippen LogP) is 1.27. The van der Waals surface area contributed by atoms with Crippen molar-refractivity contribution in [1.29, 1.82) is 0 Å². The minimum absolute atomic E-state index is 0.216. The standard InChI is InChI=1S/C19H41NO5/c1-3-4-5-6-7-8-9-10-11-12-13-20(2)14-16(22)18(24)19(25)17(23)15-21/h16-19,21-25H,3-15H2,1-2H3/t16-,17-,18-,19+/m1/s1. The Labute approximate surface area is 153 Å². The van der Waals surface area contributed by atoms with Crippen molar-refractivity contribution < 1.29 is 25.5 Å². The highest BCUT2D eigenvalue weighted by atomic mass is 16.4. The summed E-state index contributed by atoms with van der Waals surface area (Å²) in [5, 5.41) is 47.4. The van der Waals surface area contributed by atoms with Gasteiger partial charge in [0.05, 0.1) is 12.7 Å². The molecule has 0 aromatic heterocycles. The van der Waals surface area contributed by atoms with Gasteiger partial charge in [-0.3, -0.25) is 0 Å². The molecule has 0 rings (SSSR count). The van der Waals surface area contributed by atoms with Crippen molar-refractivity contribution in [3.63, 3.8) is 0 Å². The number of aliphatic hydroxyl groups is 5. The van der Waals surface area contributed by atoms with Crippen molar-refractivity contribution in [2.45, 2.75) is 95.5 Å². The Morgan fingerprint density at radius 1 is 0.680 bits per heavy atom. The summed E-state index contributed by atoms with van der Waals surface area (Å²) in [7, 11) is 1.86. The highest BCUT2D eigenvalue weighted by Crippen LogP contribution is 2.11. The summed E-state index contributed by atoms with van der Waals surface area (Å²) in [6.45, 7) is 2.61. The molecule has 0 aliphatic carbocycles. The van der Waals surface area contributed by atoms with E-state index in [-0.39, 0.29) is 6.54 Å². The quantitative estimate of drug-likeness (QED) is 0.249. The van der Waals surface area contributed by atoms with Gasteiger partial charge in [-0.1, -0.05) is 64.7 Å². The lowest BCUT2D eigenvalue weighted by molar-refractivity contribution is -0.118. The third-order valence-electron chi connectivity index (χ3n) is 4.72. The van der Waals surface area contributed by atoms with Crippen LogP contribution in [0.2, 0.25) is 0 Å². The monoisotopic (exact) mass is 363 g/mol. The second-order valence-electron chi connectivity index (χ2n) is 7.24. The van der Waals surface area contributed by atoms with Gasteiger partial charge in [0, 0.05) is 6.54 Å². The molecule has 0 heterocycles. The smallest absolute Gasteiger partial charge is 0.111 e. The van der Waals surface area contributed by atoms with Crippen LogP contribution in [0.3, 0.4) is 0 Å². The lowest BCUT2D eigenvalue weighted by atomic mass is 10.0. The molecule has 5 N–H and O–H groups in total. The molecule has 0 saturated heterocycles. The van der Waals surface area contributed by atoms with Crippen LogP contribution < -0.4 is 0 Å². The van der Waals surface area contributed by atoms with Crippen LogP contribution in [0.25, 0.3) is 0 Å². The summed E-state index contributed by atoms with van der Waals surface area (Å²) in [5.74, 6) is 0. The SMILES string of the molecule is CCCCCCCCCCCCN(C)C[C@@H](O)[C@@H](O)[C@@H](O)[C@H](O)CO. The van der Waals surface area contributed by atoms with E-state index in [9.17, 15) is 20.4 Å². The predicted molar refractivity (Wildman–Crippen MR) is 100 cm³/mol. The zero-order valence-corrected chi connectivity index (χ0v) is 16.2. The van der Waals surface area contributed by atoms with Crippen LogP contribution in [0.15, 0.2) is 0 Å². The van der Waals surface area contributed by atoms with Crippen LogP contribution in [0.4, 0.5) is 0 Å². The summed E-state index contributed by atoms with van der Waals surface area (Å²) >= 11 is 0. The van der Waals surface area contributed by atoms with E-state index in [1.807, 2.05) is 11.9 Å². The van der Waals surface area contributed by atoms with E-state index in [1.165, 1.54) is 51.4 Å². The van der Waals surface area contributed by atoms with E-state index >= 15 is 0 Å². The summed E-state index contributed by atoms with van der Waals surface area (Å²) in [6.07, 6.45) is 7.08. The molecule has 6 heteroatoms. The minimum atomic E-state index is -1.55. The number of aliphatic hydroxyl groups excluding tert-OH is 5. The molecule has 0 bridgehead atoms. The summed E-state index contributed by atoms with van der Waals surface area (Å²) in [4.78, 5) is 1.91. The van der Waals surface area contributed by atoms with Crippen LogP contribution in [0, 0.1) is 0 Å². The van der Waals surface area contributed by atoms with E-state index in [0.717, 1.165) is 19.4 Å². The third kappa shape index (κ3) is 12.7. The fourth-order valence-electron chi connectivity index (χ4n) is 2.95. The number of rotatable bonds is 17. The van der Waals surface area contributed by atoms with Gasteiger partial charge in [-0.25, -0.2) is 0 Å².